The van der Waals surface area contributed by atoms with E-state index in [1.54, 1.807) is 0 Å². The minimum Gasteiger partial charge on any atom is -0.301 e. The van der Waals surface area contributed by atoms with Gasteiger partial charge in [0.15, 0.2) is 0 Å². The summed E-state index contributed by atoms with van der Waals surface area (Å²) in [5, 5.41) is 0. The molecule has 2 nitrogen and oxygen atoms in total. The molecule has 2 rings (SSSR count). The second-order valence-electron chi connectivity index (χ2n) is 11.5. The van der Waals surface area contributed by atoms with Gasteiger partial charge in [0.2, 0.25) is 0 Å². The Morgan fingerprint density at radius 3 is 1.96 bits per heavy atom. The van der Waals surface area contributed by atoms with E-state index in [2.05, 4.69) is 65.2 Å². The van der Waals surface area contributed by atoms with Gasteiger partial charge < -0.3 is 9.80 Å². The molecule has 0 aromatic carbocycles. The van der Waals surface area contributed by atoms with Crippen LogP contribution in [0.5, 0.6) is 0 Å². The first kappa shape index (κ1) is 22.2. The summed E-state index contributed by atoms with van der Waals surface area (Å²) in [6.07, 6.45) is 8.35. The highest BCUT2D eigenvalue weighted by atomic mass is 15.2. The van der Waals surface area contributed by atoms with Crippen LogP contribution in [0.1, 0.15) is 93.9 Å². The summed E-state index contributed by atoms with van der Waals surface area (Å²) in [6, 6.07) is 1.46. The van der Waals surface area contributed by atoms with Gasteiger partial charge >= 0.3 is 0 Å². The average Bonchev–Trinajstić information content (AvgIpc) is 2.59. The monoisotopic (exact) mass is 364 g/mol. The number of likely N-dealkylation sites (tertiary alicyclic amines) is 2. The molecule has 0 aliphatic carbocycles. The van der Waals surface area contributed by atoms with E-state index in [4.69, 9.17) is 0 Å². The van der Waals surface area contributed by atoms with E-state index < -0.39 is 0 Å². The molecule has 2 aliphatic rings. The number of hydrogen-bond acceptors (Lipinski definition) is 2. The van der Waals surface area contributed by atoms with Crippen LogP contribution in [-0.2, 0) is 0 Å². The van der Waals surface area contributed by atoms with Gasteiger partial charge in [-0.25, -0.2) is 0 Å². The van der Waals surface area contributed by atoms with E-state index in [-0.39, 0.29) is 0 Å². The van der Waals surface area contributed by atoms with Crippen LogP contribution in [0, 0.1) is 22.7 Å². The van der Waals surface area contributed by atoms with E-state index in [9.17, 15) is 0 Å². The molecular formula is C24H48N2. The van der Waals surface area contributed by atoms with Crippen LogP contribution in [0.25, 0.3) is 0 Å². The van der Waals surface area contributed by atoms with Crippen molar-refractivity contribution in [2.75, 3.05) is 26.2 Å². The van der Waals surface area contributed by atoms with Gasteiger partial charge in [-0.2, -0.15) is 0 Å². The van der Waals surface area contributed by atoms with Crippen LogP contribution in [0.3, 0.4) is 0 Å². The molecule has 0 aromatic heterocycles. The molecule has 0 saturated carbocycles. The van der Waals surface area contributed by atoms with Gasteiger partial charge in [-0.05, 0) is 102 Å². The van der Waals surface area contributed by atoms with E-state index in [1.165, 1.54) is 64.7 Å². The van der Waals surface area contributed by atoms with Gasteiger partial charge in [-0.3, -0.25) is 0 Å². The van der Waals surface area contributed by atoms with Crippen LogP contribution >= 0.6 is 0 Å². The zero-order valence-electron chi connectivity index (χ0n) is 19.3. The lowest BCUT2D eigenvalue weighted by Crippen LogP contribution is -2.45. The summed E-state index contributed by atoms with van der Waals surface area (Å²) in [5.74, 6) is 1.78. The fourth-order valence-corrected chi connectivity index (χ4v) is 5.29. The van der Waals surface area contributed by atoms with Crippen molar-refractivity contribution in [2.45, 2.75) is 106 Å². The molecule has 0 radical (unpaired) electrons. The van der Waals surface area contributed by atoms with Gasteiger partial charge in [-0.1, -0.05) is 34.6 Å². The fraction of sp³-hybridized carbons (Fsp3) is 1.00. The topological polar surface area (TPSA) is 6.48 Å². The summed E-state index contributed by atoms with van der Waals surface area (Å²) in [4.78, 5) is 5.48. The predicted molar refractivity (Wildman–Crippen MR) is 116 cm³/mol. The molecular weight excluding hydrogens is 316 g/mol. The maximum atomic E-state index is 2.78. The minimum absolute atomic E-state index is 0.478. The molecule has 2 unspecified atom stereocenters. The third-order valence-corrected chi connectivity index (χ3v) is 7.87. The lowest BCUT2D eigenvalue weighted by Gasteiger charge is -2.45. The fourth-order valence-electron chi connectivity index (χ4n) is 5.29. The van der Waals surface area contributed by atoms with Crippen molar-refractivity contribution in [1.29, 1.82) is 0 Å². The van der Waals surface area contributed by atoms with Crippen molar-refractivity contribution in [3.05, 3.63) is 0 Å². The SMILES string of the molecule is CC(C)N1CCCC(C(C)(C)CCC(C)N2CCC(C(C)(C)C)CC2)C1. The normalized spacial score (nSPS) is 26.4. The Morgan fingerprint density at radius 2 is 1.42 bits per heavy atom. The van der Waals surface area contributed by atoms with Crippen molar-refractivity contribution < 1.29 is 0 Å². The molecule has 2 atom stereocenters. The van der Waals surface area contributed by atoms with Crippen LogP contribution < -0.4 is 0 Å². The molecule has 2 saturated heterocycles. The highest BCUT2D eigenvalue weighted by Gasteiger charge is 2.35. The lowest BCUT2D eigenvalue weighted by atomic mass is 9.71. The Hall–Kier alpha value is -0.0800. The molecule has 2 aliphatic heterocycles. The largest absolute Gasteiger partial charge is 0.301 e. The van der Waals surface area contributed by atoms with Gasteiger partial charge in [0, 0.05) is 18.6 Å². The molecule has 0 amide bonds. The molecule has 2 heteroatoms. The summed E-state index contributed by atoms with van der Waals surface area (Å²) in [5.41, 5.74) is 0.964. The number of piperidine rings is 2. The van der Waals surface area contributed by atoms with Crippen molar-refractivity contribution in [2.24, 2.45) is 22.7 Å². The summed E-state index contributed by atoms with van der Waals surface area (Å²) in [6.45, 7) is 24.8. The van der Waals surface area contributed by atoms with Crippen molar-refractivity contribution >= 4 is 0 Å². The quantitative estimate of drug-likeness (QED) is 0.565. The zero-order chi connectivity index (χ0) is 19.5. The minimum atomic E-state index is 0.478. The van der Waals surface area contributed by atoms with Crippen LogP contribution in [0.4, 0.5) is 0 Å². The molecule has 0 spiro atoms. The summed E-state index contributed by atoms with van der Waals surface area (Å²) >= 11 is 0. The first-order valence-electron chi connectivity index (χ1n) is 11.5. The maximum absolute atomic E-state index is 2.78. The highest BCUT2D eigenvalue weighted by Crippen LogP contribution is 2.39. The van der Waals surface area contributed by atoms with Crippen LogP contribution in [-0.4, -0.2) is 48.1 Å². The van der Waals surface area contributed by atoms with Crippen molar-refractivity contribution in [3.63, 3.8) is 0 Å². The third kappa shape index (κ3) is 5.96. The van der Waals surface area contributed by atoms with Gasteiger partial charge in [0.25, 0.3) is 0 Å². The summed E-state index contributed by atoms with van der Waals surface area (Å²) in [7, 11) is 0. The average molecular weight is 365 g/mol. The Morgan fingerprint density at radius 1 is 0.808 bits per heavy atom. The van der Waals surface area contributed by atoms with E-state index in [0.717, 1.165) is 17.9 Å². The molecule has 2 heterocycles. The van der Waals surface area contributed by atoms with E-state index in [0.29, 0.717) is 16.9 Å². The molecule has 154 valence electrons. The maximum Gasteiger partial charge on any atom is 0.00671 e. The Bertz CT molecular complexity index is 412. The Labute approximate surface area is 165 Å². The van der Waals surface area contributed by atoms with Gasteiger partial charge in [0.05, 0.1) is 0 Å². The molecule has 0 N–H and O–H groups in total. The smallest absolute Gasteiger partial charge is 0.00671 e. The van der Waals surface area contributed by atoms with Gasteiger partial charge in [0.1, 0.15) is 0 Å². The van der Waals surface area contributed by atoms with E-state index in [1.807, 2.05) is 0 Å². The second-order valence-corrected chi connectivity index (χ2v) is 11.5. The number of rotatable bonds is 6. The third-order valence-electron chi connectivity index (χ3n) is 7.87. The lowest BCUT2D eigenvalue weighted by molar-refractivity contribution is 0.0486. The highest BCUT2D eigenvalue weighted by molar-refractivity contribution is 4.87. The number of hydrogen-bond donors (Lipinski definition) is 0. The first-order chi connectivity index (χ1) is 12.0. The number of nitrogens with zero attached hydrogens (tertiary/aromatic N) is 2. The zero-order valence-corrected chi connectivity index (χ0v) is 19.3. The first-order valence-corrected chi connectivity index (χ1v) is 11.5. The van der Waals surface area contributed by atoms with Gasteiger partial charge in [-0.15, -0.1) is 0 Å². The second kappa shape index (κ2) is 8.95. The Balaban J connectivity index is 1.80. The molecule has 0 aromatic rings. The predicted octanol–water partition coefficient (Wildman–Crippen LogP) is 6.06. The van der Waals surface area contributed by atoms with Crippen molar-refractivity contribution in [3.8, 4) is 0 Å². The standard InChI is InChI=1S/C24H48N2/c1-19(2)26-15-9-10-22(18-26)24(7,8)14-11-20(3)25-16-12-21(13-17-25)23(4,5)6/h19-22H,9-18H2,1-8H3. The van der Waals surface area contributed by atoms with Crippen LogP contribution in [0.15, 0.2) is 0 Å². The van der Waals surface area contributed by atoms with Crippen molar-refractivity contribution in [1.82, 2.24) is 9.80 Å². The molecule has 2 fully saturated rings. The van der Waals surface area contributed by atoms with Crippen LogP contribution in [0.2, 0.25) is 0 Å². The molecule has 26 heavy (non-hydrogen) atoms. The Kier molecular flexibility index (Phi) is 7.64. The van der Waals surface area contributed by atoms with E-state index >= 15 is 0 Å². The molecule has 0 bridgehead atoms. The summed E-state index contributed by atoms with van der Waals surface area (Å²) < 4.78 is 0.